The Labute approximate surface area is 196 Å². The second kappa shape index (κ2) is 9.82. The molecule has 2 amide bonds. The predicted molar refractivity (Wildman–Crippen MR) is 117 cm³/mol. The van der Waals surface area contributed by atoms with Crippen molar-refractivity contribution >= 4 is 17.5 Å². The molecular weight excluding hydrogens is 449 g/mol. The number of alkyl halides is 3. The minimum atomic E-state index is -4.60. The van der Waals surface area contributed by atoms with Crippen LogP contribution in [0.3, 0.4) is 0 Å². The monoisotopic (exact) mass is 478 g/mol. The number of piperidine rings is 1. The minimum absolute atomic E-state index is 0.0462. The van der Waals surface area contributed by atoms with E-state index in [0.717, 1.165) is 6.07 Å². The topological polar surface area (TPSA) is 99.7 Å². The molecule has 0 saturated carbocycles. The summed E-state index contributed by atoms with van der Waals surface area (Å²) >= 11 is 0. The second-order valence-electron chi connectivity index (χ2n) is 9.47. The molecule has 1 aromatic rings. The quantitative estimate of drug-likeness (QED) is 0.718. The van der Waals surface area contributed by atoms with Gasteiger partial charge in [0.25, 0.3) is 0 Å². The number of rotatable bonds is 4. The number of anilines is 1. The highest BCUT2D eigenvalue weighted by atomic mass is 19.4. The van der Waals surface area contributed by atoms with E-state index in [2.05, 4.69) is 0 Å². The molecule has 3 saturated heterocycles. The highest BCUT2D eigenvalue weighted by Crippen LogP contribution is 2.39. The third kappa shape index (κ3) is 4.99. The van der Waals surface area contributed by atoms with Crippen LogP contribution >= 0.6 is 0 Å². The molecule has 184 valence electrons. The highest BCUT2D eigenvalue weighted by Gasteiger charge is 2.44. The Morgan fingerprint density at radius 2 is 1.76 bits per heavy atom. The maximum Gasteiger partial charge on any atom is 0.417 e. The van der Waals surface area contributed by atoms with Gasteiger partial charge in [0.15, 0.2) is 0 Å². The molecule has 0 bridgehead atoms. The molecule has 0 radical (unpaired) electrons. The lowest BCUT2D eigenvalue weighted by atomic mass is 9.78. The van der Waals surface area contributed by atoms with Crippen molar-refractivity contribution in [3.63, 3.8) is 0 Å². The first-order valence-electron chi connectivity index (χ1n) is 11.7. The molecule has 3 fully saturated rings. The summed E-state index contributed by atoms with van der Waals surface area (Å²) in [4.78, 5) is 28.8. The Balaban J connectivity index is 1.42. The predicted octanol–water partition coefficient (Wildman–Crippen LogP) is 2.78. The molecule has 0 spiro atoms. The lowest BCUT2D eigenvalue weighted by molar-refractivity contribution is -0.138. The fraction of sp³-hybridized carbons (Fsp3) is 0.625. The highest BCUT2D eigenvalue weighted by molar-refractivity contribution is 5.82. The number of ether oxygens (including phenoxy) is 1. The van der Waals surface area contributed by atoms with Gasteiger partial charge in [-0.3, -0.25) is 9.59 Å². The summed E-state index contributed by atoms with van der Waals surface area (Å²) in [5, 5.41) is 9.02. The molecule has 34 heavy (non-hydrogen) atoms. The third-order valence-electron chi connectivity index (χ3n) is 7.55. The zero-order chi connectivity index (χ0) is 24.5. The second-order valence-corrected chi connectivity index (χ2v) is 9.47. The van der Waals surface area contributed by atoms with Crippen LogP contribution in [0.15, 0.2) is 18.2 Å². The van der Waals surface area contributed by atoms with Crippen LogP contribution in [0.2, 0.25) is 0 Å². The van der Waals surface area contributed by atoms with Crippen molar-refractivity contribution in [2.24, 2.45) is 29.4 Å². The third-order valence-corrected chi connectivity index (χ3v) is 7.55. The van der Waals surface area contributed by atoms with E-state index in [1.165, 1.54) is 6.07 Å². The number of likely N-dealkylation sites (tertiary alicyclic amines) is 1. The van der Waals surface area contributed by atoms with Gasteiger partial charge in [0, 0.05) is 51.0 Å². The summed E-state index contributed by atoms with van der Waals surface area (Å²) in [7, 11) is 0. The number of hydrogen-bond acceptors (Lipinski definition) is 5. The summed E-state index contributed by atoms with van der Waals surface area (Å²) in [6.45, 7) is 3.02. The lowest BCUT2D eigenvalue weighted by Crippen LogP contribution is -2.40. The van der Waals surface area contributed by atoms with E-state index < -0.39 is 29.1 Å². The van der Waals surface area contributed by atoms with Gasteiger partial charge in [0.05, 0.1) is 23.1 Å². The summed E-state index contributed by atoms with van der Waals surface area (Å²) in [6.07, 6.45) is -1.85. The smallest absolute Gasteiger partial charge is 0.381 e. The van der Waals surface area contributed by atoms with Crippen LogP contribution in [0, 0.1) is 35.0 Å². The number of halogens is 3. The largest absolute Gasteiger partial charge is 0.417 e. The number of nitrogens with two attached hydrogens (primary N) is 1. The molecule has 0 aliphatic carbocycles. The van der Waals surface area contributed by atoms with Crippen LogP contribution in [-0.2, 0) is 20.5 Å². The van der Waals surface area contributed by atoms with Crippen LogP contribution in [0.1, 0.15) is 36.8 Å². The van der Waals surface area contributed by atoms with Gasteiger partial charge in [-0.15, -0.1) is 0 Å². The maximum absolute atomic E-state index is 13.4. The van der Waals surface area contributed by atoms with E-state index in [9.17, 15) is 22.8 Å². The lowest BCUT2D eigenvalue weighted by Gasteiger charge is -2.37. The molecule has 2 N–H and O–H groups in total. The van der Waals surface area contributed by atoms with Crippen LogP contribution in [0.4, 0.5) is 18.9 Å². The first kappa shape index (κ1) is 24.3. The number of primary amides is 1. The number of carbonyl (C=O) groups excluding carboxylic acids is 2. The van der Waals surface area contributed by atoms with Crippen molar-refractivity contribution in [1.82, 2.24) is 4.90 Å². The van der Waals surface area contributed by atoms with E-state index in [-0.39, 0.29) is 23.7 Å². The van der Waals surface area contributed by atoms with Crippen molar-refractivity contribution in [2.45, 2.75) is 31.9 Å². The maximum atomic E-state index is 13.4. The van der Waals surface area contributed by atoms with Crippen molar-refractivity contribution in [2.75, 3.05) is 44.3 Å². The molecule has 7 nitrogen and oxygen atoms in total. The van der Waals surface area contributed by atoms with E-state index in [4.69, 9.17) is 15.7 Å². The number of amides is 2. The fourth-order valence-corrected chi connectivity index (χ4v) is 5.64. The van der Waals surface area contributed by atoms with E-state index >= 15 is 0 Å². The number of nitrogens with zero attached hydrogens (tertiary/aromatic N) is 3. The molecule has 10 heteroatoms. The van der Waals surface area contributed by atoms with Crippen molar-refractivity contribution < 1.29 is 27.5 Å². The molecule has 2 atom stereocenters. The number of nitriles is 1. The van der Waals surface area contributed by atoms with Gasteiger partial charge >= 0.3 is 6.18 Å². The SMILES string of the molecule is N#Cc1ccc(N2CCC([C@@H]3CN(C(=O)C4CCOCC4)C[C@H]3C(N)=O)CC2)cc1C(F)(F)F. The van der Waals surface area contributed by atoms with Gasteiger partial charge in [0.2, 0.25) is 11.8 Å². The van der Waals surface area contributed by atoms with Gasteiger partial charge in [-0.1, -0.05) is 0 Å². The fourth-order valence-electron chi connectivity index (χ4n) is 5.64. The Morgan fingerprint density at radius 1 is 1.09 bits per heavy atom. The summed E-state index contributed by atoms with van der Waals surface area (Å²) in [5.74, 6) is -0.727. The molecule has 1 aromatic carbocycles. The minimum Gasteiger partial charge on any atom is -0.381 e. The first-order chi connectivity index (χ1) is 16.2. The molecule has 0 aromatic heterocycles. The summed E-state index contributed by atoms with van der Waals surface area (Å²) in [5.41, 5.74) is 4.81. The van der Waals surface area contributed by atoms with E-state index in [1.54, 1.807) is 17.0 Å². The van der Waals surface area contributed by atoms with Gasteiger partial charge in [0.1, 0.15) is 0 Å². The summed E-state index contributed by atoms with van der Waals surface area (Å²) in [6, 6.07) is 5.40. The van der Waals surface area contributed by atoms with Gasteiger partial charge in [-0.05, 0) is 55.7 Å². The van der Waals surface area contributed by atoms with Crippen LogP contribution in [0.25, 0.3) is 0 Å². The van der Waals surface area contributed by atoms with Gasteiger partial charge in [-0.2, -0.15) is 18.4 Å². The molecule has 4 rings (SSSR count). The zero-order valence-electron chi connectivity index (χ0n) is 18.9. The van der Waals surface area contributed by atoms with Crippen LogP contribution in [-0.4, -0.2) is 56.1 Å². The molecule has 3 aliphatic heterocycles. The molecule has 3 heterocycles. The molecule has 3 aliphatic rings. The molecular formula is C24H29F3N4O3. The average molecular weight is 479 g/mol. The molecule has 0 unspecified atom stereocenters. The normalized spacial score (nSPS) is 24.8. The van der Waals surface area contributed by atoms with Gasteiger partial charge in [-0.25, -0.2) is 0 Å². The number of carbonyl (C=O) groups is 2. The first-order valence-corrected chi connectivity index (χ1v) is 11.7. The Morgan fingerprint density at radius 3 is 2.35 bits per heavy atom. The Bertz CT molecular complexity index is 963. The average Bonchev–Trinajstić information content (AvgIpc) is 3.29. The summed E-state index contributed by atoms with van der Waals surface area (Å²) < 4.78 is 45.4. The van der Waals surface area contributed by atoms with Crippen molar-refractivity contribution in [1.29, 1.82) is 5.26 Å². The number of benzene rings is 1. The Kier molecular flexibility index (Phi) is 7.03. The van der Waals surface area contributed by atoms with E-state index in [0.29, 0.717) is 70.8 Å². The zero-order valence-corrected chi connectivity index (χ0v) is 18.9. The van der Waals surface area contributed by atoms with Crippen molar-refractivity contribution in [3.05, 3.63) is 29.3 Å². The Hall–Kier alpha value is -2.80. The van der Waals surface area contributed by atoms with Crippen LogP contribution < -0.4 is 10.6 Å². The number of hydrogen-bond donors (Lipinski definition) is 1. The van der Waals surface area contributed by atoms with Crippen molar-refractivity contribution in [3.8, 4) is 6.07 Å². The standard InChI is InChI=1S/C24H29F3N4O3/c25-24(26,27)21-11-18(2-1-17(21)12-28)30-7-3-15(4-8-30)19-13-31(14-20(19)22(29)32)23(33)16-5-9-34-10-6-16/h1-2,11,15-16,19-20H,3-10,13-14H2,(H2,29,32)/t19-,20+/m0/s1. The van der Waals surface area contributed by atoms with E-state index in [1.807, 2.05) is 4.90 Å². The van der Waals surface area contributed by atoms with Crippen LogP contribution in [0.5, 0.6) is 0 Å². The van der Waals surface area contributed by atoms with Gasteiger partial charge < -0.3 is 20.3 Å².